The fourth-order valence-electron chi connectivity index (χ4n) is 4.89. The highest BCUT2D eigenvalue weighted by atomic mass is 32.1. The Morgan fingerprint density at radius 1 is 0.826 bits per heavy atom. The van der Waals surface area contributed by atoms with Crippen molar-refractivity contribution in [2.45, 2.75) is 12.5 Å². The van der Waals surface area contributed by atoms with Gasteiger partial charge in [0.2, 0.25) is 0 Å². The SMILES string of the molecule is COC(=O)[C@H](Cc1ccc(OCCN(C(=O)/C=C/c2cccs2)c2ccccc2)cc1)Nc1ccccc1C(=O)c1ccccc1. The number of thiophene rings is 1. The van der Waals surface area contributed by atoms with E-state index in [2.05, 4.69) is 5.32 Å². The standard InChI is InChI=1S/C38H34N2O5S/c1-44-38(43)35(39-34-17-9-8-16-33(34)37(42)29-11-4-2-5-12-29)27-28-18-20-31(21-19-28)45-25-24-40(30-13-6-3-7-14-30)36(41)23-22-32-15-10-26-46-32/h2-23,26,35,39H,24-25,27H2,1H3/b23-22+/t35-/m0/s1. The minimum absolute atomic E-state index is 0.132. The number of amides is 1. The van der Waals surface area contributed by atoms with E-state index in [0.717, 1.165) is 16.1 Å². The molecule has 8 heteroatoms. The molecule has 5 rings (SSSR count). The maximum Gasteiger partial charge on any atom is 0.328 e. The molecule has 1 amide bonds. The first-order valence-corrected chi connectivity index (χ1v) is 15.7. The lowest BCUT2D eigenvalue weighted by molar-refractivity contribution is -0.141. The lowest BCUT2D eigenvalue weighted by Gasteiger charge is -2.22. The zero-order valence-corrected chi connectivity index (χ0v) is 26.2. The van der Waals surface area contributed by atoms with E-state index in [1.54, 1.807) is 52.6 Å². The Labute approximate surface area is 272 Å². The van der Waals surface area contributed by atoms with Crippen LogP contribution in [0.25, 0.3) is 6.08 Å². The molecule has 4 aromatic carbocycles. The molecule has 1 aromatic heterocycles. The van der Waals surface area contributed by atoms with E-state index in [-0.39, 0.29) is 18.3 Å². The van der Waals surface area contributed by atoms with Crippen molar-refractivity contribution in [1.29, 1.82) is 0 Å². The van der Waals surface area contributed by atoms with Crippen LogP contribution in [0.1, 0.15) is 26.4 Å². The smallest absolute Gasteiger partial charge is 0.328 e. The quantitative estimate of drug-likeness (QED) is 0.0788. The van der Waals surface area contributed by atoms with Crippen molar-refractivity contribution in [1.82, 2.24) is 0 Å². The summed E-state index contributed by atoms with van der Waals surface area (Å²) in [6.45, 7) is 0.639. The van der Waals surface area contributed by atoms with Crippen LogP contribution < -0.4 is 15.0 Å². The van der Waals surface area contributed by atoms with Crippen molar-refractivity contribution in [3.8, 4) is 5.75 Å². The summed E-state index contributed by atoms with van der Waals surface area (Å²) in [6.07, 6.45) is 3.72. The predicted molar refractivity (Wildman–Crippen MR) is 184 cm³/mol. The van der Waals surface area contributed by atoms with Gasteiger partial charge in [-0.1, -0.05) is 78.9 Å². The molecule has 0 radical (unpaired) electrons. The van der Waals surface area contributed by atoms with E-state index in [9.17, 15) is 14.4 Å². The van der Waals surface area contributed by atoms with Crippen molar-refractivity contribution in [2.75, 3.05) is 30.5 Å². The van der Waals surface area contributed by atoms with Gasteiger partial charge in [-0.3, -0.25) is 9.59 Å². The number of ketones is 1. The summed E-state index contributed by atoms with van der Waals surface area (Å²) in [4.78, 5) is 41.8. The molecule has 232 valence electrons. The van der Waals surface area contributed by atoms with Crippen LogP contribution in [-0.4, -0.2) is 44.0 Å². The minimum atomic E-state index is -0.728. The summed E-state index contributed by atoms with van der Waals surface area (Å²) in [5.74, 6) is -0.0763. The number of benzene rings is 4. The molecule has 0 fully saturated rings. The number of nitrogens with zero attached hydrogens (tertiary/aromatic N) is 1. The average molecular weight is 631 g/mol. The van der Waals surface area contributed by atoms with Gasteiger partial charge in [0.25, 0.3) is 5.91 Å². The van der Waals surface area contributed by atoms with Gasteiger partial charge in [-0.25, -0.2) is 4.79 Å². The molecule has 46 heavy (non-hydrogen) atoms. The molecule has 1 N–H and O–H groups in total. The van der Waals surface area contributed by atoms with Crippen molar-refractivity contribution in [3.63, 3.8) is 0 Å². The number of hydrogen-bond acceptors (Lipinski definition) is 7. The molecule has 0 aliphatic rings. The number of nitrogens with one attached hydrogen (secondary N) is 1. The Balaban J connectivity index is 1.22. The summed E-state index contributed by atoms with van der Waals surface area (Å²) < 4.78 is 11.1. The monoisotopic (exact) mass is 630 g/mol. The number of rotatable bonds is 14. The van der Waals surface area contributed by atoms with E-state index in [1.807, 2.05) is 102 Å². The van der Waals surface area contributed by atoms with Crippen LogP contribution in [0.2, 0.25) is 0 Å². The molecule has 0 unspecified atom stereocenters. The zero-order chi connectivity index (χ0) is 32.1. The highest BCUT2D eigenvalue weighted by Gasteiger charge is 2.23. The Morgan fingerprint density at radius 3 is 2.22 bits per heavy atom. The van der Waals surface area contributed by atoms with Crippen molar-refractivity contribution < 1.29 is 23.9 Å². The molecular formula is C38H34N2O5S. The minimum Gasteiger partial charge on any atom is -0.492 e. The summed E-state index contributed by atoms with van der Waals surface area (Å²) in [5.41, 5.74) is 3.25. The van der Waals surface area contributed by atoms with E-state index in [1.165, 1.54) is 7.11 Å². The maximum absolute atomic E-state index is 13.2. The van der Waals surface area contributed by atoms with Crippen LogP contribution in [0, 0.1) is 0 Å². The lowest BCUT2D eigenvalue weighted by atomic mass is 10.00. The van der Waals surface area contributed by atoms with E-state index in [4.69, 9.17) is 9.47 Å². The second-order valence-corrected chi connectivity index (χ2v) is 11.3. The van der Waals surface area contributed by atoms with Gasteiger partial charge in [0.15, 0.2) is 5.78 Å². The predicted octanol–water partition coefficient (Wildman–Crippen LogP) is 7.30. The fraction of sp³-hybridized carbons (Fsp3) is 0.132. The maximum atomic E-state index is 13.2. The first kappa shape index (κ1) is 31.9. The number of para-hydroxylation sites is 2. The Kier molecular flexibility index (Phi) is 11.1. The number of hydrogen-bond donors (Lipinski definition) is 1. The number of esters is 1. The number of ether oxygens (including phenoxy) is 2. The van der Waals surface area contributed by atoms with E-state index >= 15 is 0 Å². The van der Waals surface area contributed by atoms with Gasteiger partial charge in [0.05, 0.1) is 13.7 Å². The van der Waals surface area contributed by atoms with Crippen LogP contribution in [0.4, 0.5) is 11.4 Å². The van der Waals surface area contributed by atoms with Crippen LogP contribution in [-0.2, 0) is 20.7 Å². The third-order valence-corrected chi connectivity index (χ3v) is 8.07. The van der Waals surface area contributed by atoms with Gasteiger partial charge >= 0.3 is 5.97 Å². The van der Waals surface area contributed by atoms with Crippen LogP contribution in [0.3, 0.4) is 0 Å². The lowest BCUT2D eigenvalue weighted by Crippen LogP contribution is -2.33. The molecule has 1 heterocycles. The molecule has 5 aromatic rings. The average Bonchev–Trinajstić information content (AvgIpc) is 3.64. The van der Waals surface area contributed by atoms with Crippen molar-refractivity contribution in [2.24, 2.45) is 0 Å². The van der Waals surface area contributed by atoms with Gasteiger partial charge in [0, 0.05) is 39.9 Å². The molecule has 7 nitrogen and oxygen atoms in total. The molecule has 0 bridgehead atoms. The summed E-state index contributed by atoms with van der Waals surface area (Å²) in [5, 5.41) is 5.21. The van der Waals surface area contributed by atoms with Crippen LogP contribution in [0.15, 0.2) is 133 Å². The van der Waals surface area contributed by atoms with Crippen LogP contribution >= 0.6 is 11.3 Å². The number of carbonyl (C=O) groups is 3. The second-order valence-electron chi connectivity index (χ2n) is 10.3. The molecular weight excluding hydrogens is 596 g/mol. The van der Waals surface area contributed by atoms with E-state index in [0.29, 0.717) is 35.5 Å². The third kappa shape index (κ3) is 8.58. The highest BCUT2D eigenvalue weighted by molar-refractivity contribution is 7.10. The number of methoxy groups -OCH3 is 1. The first-order chi connectivity index (χ1) is 22.5. The fourth-order valence-corrected chi connectivity index (χ4v) is 5.51. The van der Waals surface area contributed by atoms with Gasteiger partial charge < -0.3 is 19.7 Å². The number of anilines is 2. The normalized spacial score (nSPS) is 11.5. The van der Waals surface area contributed by atoms with Crippen molar-refractivity contribution in [3.05, 3.63) is 154 Å². The molecule has 0 aliphatic carbocycles. The molecule has 0 saturated heterocycles. The summed E-state index contributed by atoms with van der Waals surface area (Å²) in [6, 6.07) is 36.3. The molecule has 1 atom stereocenters. The van der Waals surface area contributed by atoms with E-state index < -0.39 is 12.0 Å². The zero-order valence-electron chi connectivity index (χ0n) is 25.4. The molecule has 0 aliphatic heterocycles. The Bertz CT molecular complexity index is 1750. The molecule has 0 spiro atoms. The first-order valence-electron chi connectivity index (χ1n) is 14.8. The van der Waals surface area contributed by atoms with Gasteiger partial charge in [0.1, 0.15) is 18.4 Å². The van der Waals surface area contributed by atoms with Crippen LogP contribution in [0.5, 0.6) is 5.75 Å². The summed E-state index contributed by atoms with van der Waals surface area (Å²) >= 11 is 1.57. The number of carbonyl (C=O) groups excluding carboxylic acids is 3. The highest BCUT2D eigenvalue weighted by Crippen LogP contribution is 2.23. The third-order valence-electron chi connectivity index (χ3n) is 7.24. The topological polar surface area (TPSA) is 84.9 Å². The largest absolute Gasteiger partial charge is 0.492 e. The summed E-state index contributed by atoms with van der Waals surface area (Å²) in [7, 11) is 1.34. The van der Waals surface area contributed by atoms with Gasteiger partial charge in [-0.05, 0) is 59.5 Å². The van der Waals surface area contributed by atoms with Gasteiger partial charge in [-0.2, -0.15) is 0 Å². The van der Waals surface area contributed by atoms with Crippen molar-refractivity contribution >= 4 is 46.4 Å². The van der Waals surface area contributed by atoms with Gasteiger partial charge in [-0.15, -0.1) is 11.3 Å². The Hall–Kier alpha value is -5.47. The molecule has 0 saturated carbocycles. The second kappa shape index (κ2) is 16.0. The Morgan fingerprint density at radius 2 is 1.52 bits per heavy atom.